The molecule has 5 heteroatoms. The van der Waals surface area contributed by atoms with E-state index in [-0.39, 0.29) is 5.75 Å². The lowest BCUT2D eigenvalue weighted by atomic mass is 10.0. The number of fused-ring (bicyclic) bond motifs is 1. The lowest BCUT2D eigenvalue weighted by molar-refractivity contribution is 0.340. The molecule has 3 aromatic rings. The van der Waals surface area contributed by atoms with Crippen LogP contribution < -0.4 is 4.74 Å². The predicted octanol–water partition coefficient (Wildman–Crippen LogP) is 5.04. The van der Waals surface area contributed by atoms with Crippen molar-refractivity contribution in [3.8, 4) is 17.2 Å². The van der Waals surface area contributed by atoms with E-state index in [4.69, 9.17) is 4.74 Å². The molecule has 5 nitrogen and oxygen atoms in total. The van der Waals surface area contributed by atoms with Gasteiger partial charge in [-0.2, -0.15) is 0 Å². The molecule has 138 valence electrons. The van der Waals surface area contributed by atoms with Gasteiger partial charge in [0.1, 0.15) is 28.2 Å². The number of hydrogen-bond acceptors (Lipinski definition) is 4. The van der Waals surface area contributed by atoms with Gasteiger partial charge < -0.3 is 9.84 Å². The molecule has 0 unspecified atom stereocenters. The smallest absolute Gasteiger partial charge is 0.143 e. The number of aryl methyl sites for hydroxylation is 1. The topological polar surface area (TPSA) is 60.2 Å². The van der Waals surface area contributed by atoms with E-state index < -0.39 is 0 Å². The molecule has 1 heterocycles. The second-order valence-electron chi connectivity index (χ2n) is 6.56. The van der Waals surface area contributed by atoms with Crippen LogP contribution in [0, 0.1) is 0 Å². The number of aromatic hydroxyl groups is 1. The predicted molar refractivity (Wildman–Crippen MR) is 104 cm³/mol. The monoisotopic (exact) mass is 353 g/mol. The largest absolute Gasteiger partial charge is 0.506 e. The van der Waals surface area contributed by atoms with E-state index in [0.717, 1.165) is 29.6 Å². The normalized spacial score (nSPS) is 11.2. The van der Waals surface area contributed by atoms with Crippen LogP contribution in [0.4, 0.5) is 0 Å². The minimum absolute atomic E-state index is 0.185. The summed E-state index contributed by atoms with van der Waals surface area (Å²) in [5.41, 5.74) is 3.34. The zero-order valence-corrected chi connectivity index (χ0v) is 15.6. The molecule has 1 aromatic heterocycles. The molecule has 0 amide bonds. The Bertz CT molecular complexity index is 858. The number of phenolic OH excluding ortho intramolecular Hbond substituents is 1. The van der Waals surface area contributed by atoms with Crippen molar-refractivity contribution in [3.63, 3.8) is 0 Å². The Morgan fingerprint density at radius 1 is 0.923 bits per heavy atom. The average Bonchev–Trinajstić information content (AvgIpc) is 3.06. The van der Waals surface area contributed by atoms with Gasteiger partial charge in [-0.3, -0.25) is 0 Å². The van der Waals surface area contributed by atoms with Gasteiger partial charge in [-0.05, 0) is 49.6 Å². The molecule has 0 aliphatic rings. The van der Waals surface area contributed by atoms with Crippen LogP contribution in [0.5, 0.6) is 11.5 Å². The second-order valence-corrected chi connectivity index (χ2v) is 6.56. The molecule has 26 heavy (non-hydrogen) atoms. The van der Waals surface area contributed by atoms with Gasteiger partial charge in [-0.1, -0.05) is 38.7 Å². The molecule has 0 atom stereocenters. The molecular weight excluding hydrogens is 326 g/mol. The number of rotatable bonds is 9. The van der Waals surface area contributed by atoms with Crippen molar-refractivity contribution in [1.82, 2.24) is 15.0 Å². The van der Waals surface area contributed by atoms with Crippen LogP contribution in [0.25, 0.3) is 16.7 Å². The fraction of sp³-hybridized carbons (Fsp3) is 0.429. The summed E-state index contributed by atoms with van der Waals surface area (Å²) in [7, 11) is 0. The first-order chi connectivity index (χ1) is 12.7. The van der Waals surface area contributed by atoms with Gasteiger partial charge in [0, 0.05) is 6.07 Å². The SMILES string of the molecule is CCCCCCCc1ccc(O)c(-n2nc3ccc(OCC)cc3n2)c1. The Labute approximate surface area is 154 Å². The average molecular weight is 353 g/mol. The summed E-state index contributed by atoms with van der Waals surface area (Å²) in [5, 5.41) is 19.3. The van der Waals surface area contributed by atoms with Crippen LogP contribution in [0.15, 0.2) is 36.4 Å². The van der Waals surface area contributed by atoms with Crippen molar-refractivity contribution in [2.24, 2.45) is 0 Å². The highest BCUT2D eigenvalue weighted by molar-refractivity contribution is 5.75. The minimum Gasteiger partial charge on any atom is -0.506 e. The quantitative estimate of drug-likeness (QED) is 0.548. The molecule has 0 spiro atoms. The van der Waals surface area contributed by atoms with Crippen molar-refractivity contribution in [1.29, 1.82) is 0 Å². The van der Waals surface area contributed by atoms with Gasteiger partial charge in [0.15, 0.2) is 0 Å². The van der Waals surface area contributed by atoms with Crippen LogP contribution in [0.2, 0.25) is 0 Å². The van der Waals surface area contributed by atoms with E-state index in [1.54, 1.807) is 6.07 Å². The van der Waals surface area contributed by atoms with Crippen LogP contribution in [0.1, 0.15) is 51.5 Å². The summed E-state index contributed by atoms with van der Waals surface area (Å²) >= 11 is 0. The van der Waals surface area contributed by atoms with Crippen LogP contribution in [-0.4, -0.2) is 26.7 Å². The third-order valence-corrected chi connectivity index (χ3v) is 4.49. The number of nitrogens with zero attached hydrogens (tertiary/aromatic N) is 3. The number of ether oxygens (including phenoxy) is 1. The molecule has 0 saturated carbocycles. The van der Waals surface area contributed by atoms with Gasteiger partial charge in [0.2, 0.25) is 0 Å². The Kier molecular flexibility index (Phi) is 6.10. The Hall–Kier alpha value is -2.56. The Morgan fingerprint density at radius 3 is 2.54 bits per heavy atom. The minimum atomic E-state index is 0.185. The molecular formula is C21H27N3O2. The molecule has 0 saturated heterocycles. The highest BCUT2D eigenvalue weighted by Crippen LogP contribution is 2.25. The van der Waals surface area contributed by atoms with Gasteiger partial charge in [-0.15, -0.1) is 15.0 Å². The molecule has 0 bridgehead atoms. The summed E-state index contributed by atoms with van der Waals surface area (Å²) in [4.78, 5) is 1.51. The third-order valence-electron chi connectivity index (χ3n) is 4.49. The standard InChI is InChI=1S/C21H27N3O2/c1-3-5-6-7-8-9-16-10-13-21(25)20(14-16)24-22-18-12-11-17(26-4-2)15-19(18)23-24/h10-15,25H,3-9H2,1-2H3. The number of benzene rings is 2. The van der Waals surface area contributed by atoms with Gasteiger partial charge in [0.05, 0.1) is 6.61 Å². The summed E-state index contributed by atoms with van der Waals surface area (Å²) in [6, 6.07) is 11.3. The first-order valence-corrected chi connectivity index (χ1v) is 9.53. The van der Waals surface area contributed by atoms with Crippen LogP contribution in [0.3, 0.4) is 0 Å². The van der Waals surface area contributed by atoms with E-state index in [0.29, 0.717) is 12.3 Å². The van der Waals surface area contributed by atoms with E-state index in [1.807, 2.05) is 37.3 Å². The maximum atomic E-state index is 10.3. The van der Waals surface area contributed by atoms with Gasteiger partial charge in [0.25, 0.3) is 0 Å². The highest BCUT2D eigenvalue weighted by atomic mass is 16.5. The van der Waals surface area contributed by atoms with Crippen molar-refractivity contribution in [3.05, 3.63) is 42.0 Å². The van der Waals surface area contributed by atoms with E-state index in [9.17, 15) is 5.11 Å². The Morgan fingerprint density at radius 2 is 1.73 bits per heavy atom. The van der Waals surface area contributed by atoms with Crippen molar-refractivity contribution < 1.29 is 9.84 Å². The molecule has 0 radical (unpaired) electrons. The summed E-state index contributed by atoms with van der Waals surface area (Å²) < 4.78 is 5.52. The lowest BCUT2D eigenvalue weighted by Gasteiger charge is -2.07. The highest BCUT2D eigenvalue weighted by Gasteiger charge is 2.11. The first kappa shape index (κ1) is 18.2. The summed E-state index contributed by atoms with van der Waals surface area (Å²) in [6.07, 6.45) is 7.26. The fourth-order valence-electron chi connectivity index (χ4n) is 3.08. The fourth-order valence-corrected chi connectivity index (χ4v) is 3.08. The number of aromatic nitrogens is 3. The molecule has 3 rings (SSSR count). The third kappa shape index (κ3) is 4.34. The number of hydrogen-bond donors (Lipinski definition) is 1. The lowest BCUT2D eigenvalue weighted by Crippen LogP contribution is -2.00. The number of unbranched alkanes of at least 4 members (excludes halogenated alkanes) is 4. The van der Waals surface area contributed by atoms with Crippen LogP contribution in [-0.2, 0) is 6.42 Å². The van der Waals surface area contributed by atoms with E-state index >= 15 is 0 Å². The Balaban J connectivity index is 1.79. The van der Waals surface area contributed by atoms with Gasteiger partial charge >= 0.3 is 0 Å². The zero-order chi connectivity index (χ0) is 18.4. The van der Waals surface area contributed by atoms with E-state index in [2.05, 4.69) is 17.1 Å². The van der Waals surface area contributed by atoms with Crippen molar-refractivity contribution in [2.45, 2.75) is 52.4 Å². The molecule has 0 aliphatic heterocycles. The molecule has 0 aliphatic carbocycles. The van der Waals surface area contributed by atoms with Crippen molar-refractivity contribution >= 4 is 11.0 Å². The zero-order valence-electron chi connectivity index (χ0n) is 15.6. The second kappa shape index (κ2) is 8.70. The van der Waals surface area contributed by atoms with Crippen molar-refractivity contribution in [2.75, 3.05) is 6.61 Å². The molecule has 0 fully saturated rings. The van der Waals surface area contributed by atoms with Gasteiger partial charge in [-0.25, -0.2) is 0 Å². The summed E-state index contributed by atoms with van der Waals surface area (Å²) in [6.45, 7) is 4.79. The number of phenols is 1. The van der Waals surface area contributed by atoms with Crippen LogP contribution >= 0.6 is 0 Å². The maximum Gasteiger partial charge on any atom is 0.143 e. The molecule has 1 N–H and O–H groups in total. The first-order valence-electron chi connectivity index (χ1n) is 9.53. The van der Waals surface area contributed by atoms with E-state index in [1.165, 1.54) is 36.0 Å². The summed E-state index contributed by atoms with van der Waals surface area (Å²) in [5.74, 6) is 0.960. The molecule has 2 aromatic carbocycles. The maximum absolute atomic E-state index is 10.3.